The molecule has 0 fully saturated rings. The topological polar surface area (TPSA) is 35.5 Å². The molecule has 0 heterocycles. The highest BCUT2D eigenvalue weighted by molar-refractivity contribution is 5.59. The van der Waals surface area contributed by atoms with Crippen LogP contribution in [0.5, 0.6) is 0 Å². The van der Waals surface area contributed by atoms with Crippen LogP contribution in [0.1, 0.15) is 187 Å². The van der Waals surface area contributed by atoms with Gasteiger partial charge in [0.25, 0.3) is 0 Å². The standard InChI is InChI=1S/C32H64O3/c1-3-5-6-7-8-9-10-11-12-13-14-15-16-17-18-19-20-21-22-23-24-25-26-27-28-29-30-31-35-32(33)34-4-2/h3-31H2,1-2H3. The summed E-state index contributed by atoms with van der Waals surface area (Å²) in [5.41, 5.74) is 0. The molecule has 0 radical (unpaired) electrons. The molecule has 0 spiro atoms. The second-order valence-electron chi connectivity index (χ2n) is 10.7. The van der Waals surface area contributed by atoms with Gasteiger partial charge in [0.2, 0.25) is 0 Å². The van der Waals surface area contributed by atoms with Gasteiger partial charge in [-0.15, -0.1) is 0 Å². The average Bonchev–Trinajstić information content (AvgIpc) is 2.86. The molecule has 0 N–H and O–H groups in total. The molecular formula is C32H64O3. The van der Waals surface area contributed by atoms with Crippen LogP contribution >= 0.6 is 0 Å². The van der Waals surface area contributed by atoms with Gasteiger partial charge in [-0.2, -0.15) is 0 Å². The van der Waals surface area contributed by atoms with Gasteiger partial charge in [-0.1, -0.05) is 174 Å². The van der Waals surface area contributed by atoms with Crippen molar-refractivity contribution in [3.8, 4) is 0 Å². The molecule has 210 valence electrons. The summed E-state index contributed by atoms with van der Waals surface area (Å²) in [7, 11) is 0. The van der Waals surface area contributed by atoms with Crippen molar-refractivity contribution in [1.82, 2.24) is 0 Å². The monoisotopic (exact) mass is 496 g/mol. The summed E-state index contributed by atoms with van der Waals surface area (Å²) in [4.78, 5) is 11.0. The van der Waals surface area contributed by atoms with E-state index < -0.39 is 6.16 Å². The Morgan fingerprint density at radius 1 is 0.371 bits per heavy atom. The fourth-order valence-corrected chi connectivity index (χ4v) is 4.91. The van der Waals surface area contributed by atoms with Gasteiger partial charge in [0.15, 0.2) is 0 Å². The van der Waals surface area contributed by atoms with Crippen LogP contribution in [0.4, 0.5) is 4.79 Å². The lowest BCUT2D eigenvalue weighted by Gasteiger charge is -2.05. The van der Waals surface area contributed by atoms with Crippen molar-refractivity contribution >= 4 is 6.16 Å². The number of carbonyl (C=O) groups excluding carboxylic acids is 1. The maximum Gasteiger partial charge on any atom is 0.508 e. The molecule has 0 aromatic heterocycles. The van der Waals surface area contributed by atoms with Crippen LogP contribution in [-0.4, -0.2) is 19.4 Å². The summed E-state index contributed by atoms with van der Waals surface area (Å²) < 4.78 is 9.72. The lowest BCUT2D eigenvalue weighted by Crippen LogP contribution is -2.07. The van der Waals surface area contributed by atoms with E-state index in [1.807, 2.05) is 0 Å². The molecule has 0 saturated carbocycles. The molecule has 0 aromatic carbocycles. The van der Waals surface area contributed by atoms with Crippen LogP contribution in [0.15, 0.2) is 0 Å². The van der Waals surface area contributed by atoms with Gasteiger partial charge >= 0.3 is 6.16 Å². The Morgan fingerprint density at radius 2 is 0.629 bits per heavy atom. The Morgan fingerprint density at radius 3 is 0.886 bits per heavy atom. The van der Waals surface area contributed by atoms with E-state index in [-0.39, 0.29) is 0 Å². The zero-order valence-corrected chi connectivity index (χ0v) is 24.2. The number of ether oxygens (including phenoxy) is 2. The van der Waals surface area contributed by atoms with Crippen LogP contribution in [0.3, 0.4) is 0 Å². The van der Waals surface area contributed by atoms with E-state index in [1.54, 1.807) is 6.92 Å². The van der Waals surface area contributed by atoms with Gasteiger partial charge < -0.3 is 9.47 Å². The second-order valence-corrected chi connectivity index (χ2v) is 10.7. The molecule has 0 rings (SSSR count). The smallest absolute Gasteiger partial charge is 0.435 e. The van der Waals surface area contributed by atoms with Gasteiger partial charge in [0.1, 0.15) is 0 Å². The minimum atomic E-state index is -0.526. The number of unbranched alkanes of at least 4 members (excludes halogenated alkanes) is 26. The van der Waals surface area contributed by atoms with Crippen molar-refractivity contribution in [3.05, 3.63) is 0 Å². The summed E-state index contributed by atoms with van der Waals surface area (Å²) in [6, 6.07) is 0. The molecular weight excluding hydrogens is 432 g/mol. The Balaban J connectivity index is 3.04. The number of hydrogen-bond donors (Lipinski definition) is 0. The normalized spacial score (nSPS) is 11.1. The van der Waals surface area contributed by atoms with Crippen molar-refractivity contribution < 1.29 is 14.3 Å². The molecule has 3 heteroatoms. The molecule has 35 heavy (non-hydrogen) atoms. The van der Waals surface area contributed by atoms with Gasteiger partial charge in [0, 0.05) is 0 Å². The largest absolute Gasteiger partial charge is 0.508 e. The Labute approximate surface area is 220 Å². The van der Waals surface area contributed by atoms with Crippen molar-refractivity contribution in [2.45, 2.75) is 187 Å². The maximum absolute atomic E-state index is 11.0. The molecule has 0 aliphatic heterocycles. The Hall–Kier alpha value is -0.730. The molecule has 0 aliphatic carbocycles. The molecule has 0 atom stereocenters. The minimum Gasteiger partial charge on any atom is -0.435 e. The highest BCUT2D eigenvalue weighted by Gasteiger charge is 2.01. The van der Waals surface area contributed by atoms with E-state index in [1.165, 1.54) is 161 Å². The molecule has 3 nitrogen and oxygen atoms in total. The van der Waals surface area contributed by atoms with E-state index in [4.69, 9.17) is 9.47 Å². The fourth-order valence-electron chi connectivity index (χ4n) is 4.91. The first-order valence-corrected chi connectivity index (χ1v) is 16.1. The quantitative estimate of drug-likeness (QED) is 0.0762. The first-order chi connectivity index (χ1) is 17.3. The molecule has 0 aromatic rings. The van der Waals surface area contributed by atoms with Crippen molar-refractivity contribution in [2.75, 3.05) is 13.2 Å². The summed E-state index contributed by atoms with van der Waals surface area (Å²) >= 11 is 0. The highest BCUT2D eigenvalue weighted by Crippen LogP contribution is 2.16. The number of rotatable bonds is 29. The lowest BCUT2D eigenvalue weighted by molar-refractivity contribution is 0.0578. The maximum atomic E-state index is 11.0. The van der Waals surface area contributed by atoms with Crippen LogP contribution in [-0.2, 0) is 9.47 Å². The molecule has 0 bridgehead atoms. The molecule has 0 saturated heterocycles. The van der Waals surface area contributed by atoms with Gasteiger partial charge in [-0.05, 0) is 13.3 Å². The average molecular weight is 497 g/mol. The summed E-state index contributed by atoms with van der Waals surface area (Å²) in [6.45, 7) is 4.98. The fraction of sp³-hybridized carbons (Fsp3) is 0.969. The Kier molecular flexibility index (Phi) is 30.6. The van der Waals surface area contributed by atoms with Gasteiger partial charge in [-0.3, -0.25) is 0 Å². The third kappa shape index (κ3) is 31.2. The van der Waals surface area contributed by atoms with E-state index in [0.717, 1.165) is 12.8 Å². The third-order valence-corrected chi connectivity index (χ3v) is 7.23. The van der Waals surface area contributed by atoms with Crippen LogP contribution in [0.25, 0.3) is 0 Å². The lowest BCUT2D eigenvalue weighted by atomic mass is 10.0. The molecule has 0 amide bonds. The van der Waals surface area contributed by atoms with E-state index in [2.05, 4.69) is 6.92 Å². The third-order valence-electron chi connectivity index (χ3n) is 7.23. The van der Waals surface area contributed by atoms with Crippen LogP contribution in [0.2, 0.25) is 0 Å². The van der Waals surface area contributed by atoms with Crippen LogP contribution < -0.4 is 0 Å². The summed E-state index contributed by atoms with van der Waals surface area (Å²) in [5, 5.41) is 0. The molecule has 0 unspecified atom stereocenters. The molecule has 0 aliphatic rings. The SMILES string of the molecule is CCCCCCCCCCCCCCCCCCCCCCCCCCCCCOC(=O)OCC. The minimum absolute atomic E-state index is 0.387. The van der Waals surface area contributed by atoms with Gasteiger partial charge in [0.05, 0.1) is 13.2 Å². The zero-order valence-electron chi connectivity index (χ0n) is 24.2. The van der Waals surface area contributed by atoms with Crippen LogP contribution in [0, 0.1) is 0 Å². The predicted octanol–water partition coefficient (Wildman–Crippen LogP) is 11.7. The highest BCUT2D eigenvalue weighted by atomic mass is 16.7. The van der Waals surface area contributed by atoms with Crippen molar-refractivity contribution in [3.63, 3.8) is 0 Å². The van der Waals surface area contributed by atoms with Crippen molar-refractivity contribution in [1.29, 1.82) is 0 Å². The zero-order chi connectivity index (χ0) is 25.5. The number of carbonyl (C=O) groups is 1. The predicted molar refractivity (Wildman–Crippen MR) is 153 cm³/mol. The van der Waals surface area contributed by atoms with E-state index >= 15 is 0 Å². The summed E-state index contributed by atoms with van der Waals surface area (Å²) in [5.74, 6) is 0. The van der Waals surface area contributed by atoms with Gasteiger partial charge in [-0.25, -0.2) is 4.79 Å². The first-order valence-electron chi connectivity index (χ1n) is 16.1. The Bertz CT molecular complexity index is 396. The summed E-state index contributed by atoms with van der Waals surface area (Å²) in [6.07, 6.45) is 37.4. The number of hydrogen-bond acceptors (Lipinski definition) is 3. The van der Waals surface area contributed by atoms with E-state index in [9.17, 15) is 4.79 Å². The van der Waals surface area contributed by atoms with E-state index in [0.29, 0.717) is 13.2 Å². The first kappa shape index (κ1) is 34.3. The second kappa shape index (κ2) is 31.3. The van der Waals surface area contributed by atoms with Crippen molar-refractivity contribution in [2.24, 2.45) is 0 Å².